The van der Waals surface area contributed by atoms with Crippen molar-refractivity contribution in [3.05, 3.63) is 111 Å². The Hall–Kier alpha value is -4.92. The second-order valence-electron chi connectivity index (χ2n) is 9.62. The van der Waals surface area contributed by atoms with E-state index in [4.69, 9.17) is 0 Å². The highest BCUT2D eigenvalue weighted by Crippen LogP contribution is 2.53. The lowest BCUT2D eigenvalue weighted by Crippen LogP contribution is -2.44. The van der Waals surface area contributed by atoms with Crippen LogP contribution in [0.3, 0.4) is 0 Å². The maximum Gasteiger partial charge on any atom is 0.269 e. The van der Waals surface area contributed by atoms with E-state index in [2.05, 4.69) is 0 Å². The summed E-state index contributed by atoms with van der Waals surface area (Å²) in [6.07, 6.45) is 3.61. The minimum atomic E-state index is -0.978. The molecular formula is C29H21N3O6. The maximum absolute atomic E-state index is 13.9. The summed E-state index contributed by atoms with van der Waals surface area (Å²) in [6, 6.07) is 17.6. The van der Waals surface area contributed by atoms with Gasteiger partial charge < -0.3 is 4.90 Å². The number of rotatable bonds is 5. The Morgan fingerprint density at radius 1 is 0.842 bits per heavy atom. The highest BCUT2D eigenvalue weighted by molar-refractivity contribution is 6.24. The van der Waals surface area contributed by atoms with Crippen LogP contribution in [0.5, 0.6) is 0 Å². The molecular weight excluding hydrogens is 486 g/mol. The van der Waals surface area contributed by atoms with Crippen LogP contribution in [0.15, 0.2) is 79.0 Å². The van der Waals surface area contributed by atoms with E-state index >= 15 is 0 Å². The van der Waals surface area contributed by atoms with E-state index in [1.54, 1.807) is 35.4 Å². The first kappa shape index (κ1) is 23.5. The lowest BCUT2D eigenvalue weighted by Gasteiger charge is -2.35. The lowest BCUT2D eigenvalue weighted by atomic mass is 9.83. The lowest BCUT2D eigenvalue weighted by molar-refractivity contribution is -0.384. The quantitative estimate of drug-likeness (QED) is 0.220. The molecule has 3 aromatic carbocycles. The number of anilines is 1. The molecule has 2 amide bonds. The first-order chi connectivity index (χ1) is 18.3. The molecule has 3 aromatic rings. The van der Waals surface area contributed by atoms with Crippen molar-refractivity contribution >= 4 is 40.8 Å². The van der Waals surface area contributed by atoms with E-state index in [-0.39, 0.29) is 17.0 Å². The SMILES string of the molecule is CC(=O)c1ccc(N2C(=O)[C@@H]3[C@H](C2=O)C2c4ccccc4C=CN2[C@@H]3C(=O)c2ccc([N+](=O)[O-])cc2)cc1. The number of nitrogens with zero attached hydrogens (tertiary/aromatic N) is 3. The van der Waals surface area contributed by atoms with Gasteiger partial charge in [-0.05, 0) is 60.5 Å². The summed E-state index contributed by atoms with van der Waals surface area (Å²) in [7, 11) is 0. The molecule has 38 heavy (non-hydrogen) atoms. The maximum atomic E-state index is 13.9. The summed E-state index contributed by atoms with van der Waals surface area (Å²) in [5.41, 5.74) is 2.61. The van der Waals surface area contributed by atoms with Crippen molar-refractivity contribution in [3.8, 4) is 0 Å². The number of non-ortho nitro benzene ring substituents is 1. The smallest absolute Gasteiger partial charge is 0.269 e. The summed E-state index contributed by atoms with van der Waals surface area (Å²) < 4.78 is 0. The van der Waals surface area contributed by atoms with E-state index < -0.39 is 46.4 Å². The molecule has 0 saturated carbocycles. The molecule has 6 rings (SSSR count). The molecule has 0 aromatic heterocycles. The zero-order valence-corrected chi connectivity index (χ0v) is 20.2. The molecule has 3 aliphatic rings. The Morgan fingerprint density at radius 2 is 1.47 bits per heavy atom. The Kier molecular flexibility index (Phi) is 5.30. The van der Waals surface area contributed by atoms with E-state index in [1.165, 1.54) is 31.2 Å². The third-order valence-corrected chi connectivity index (χ3v) is 7.62. The molecule has 2 fully saturated rings. The number of carbonyl (C=O) groups is 4. The van der Waals surface area contributed by atoms with Gasteiger partial charge in [0.25, 0.3) is 5.69 Å². The fourth-order valence-electron chi connectivity index (χ4n) is 5.87. The highest BCUT2D eigenvalue weighted by Gasteiger charge is 2.64. The largest absolute Gasteiger partial charge is 0.358 e. The van der Waals surface area contributed by atoms with E-state index in [1.807, 2.05) is 30.3 Å². The number of benzene rings is 3. The van der Waals surface area contributed by atoms with Gasteiger partial charge in [0.05, 0.1) is 28.5 Å². The molecule has 3 aliphatic heterocycles. The van der Waals surface area contributed by atoms with Gasteiger partial charge in [0, 0.05) is 29.5 Å². The van der Waals surface area contributed by atoms with Crippen molar-refractivity contribution < 1.29 is 24.1 Å². The van der Waals surface area contributed by atoms with Gasteiger partial charge in [-0.15, -0.1) is 0 Å². The van der Waals surface area contributed by atoms with Crippen molar-refractivity contribution in [2.45, 2.75) is 19.0 Å². The Morgan fingerprint density at radius 3 is 2.13 bits per heavy atom. The van der Waals surface area contributed by atoms with Gasteiger partial charge in [-0.3, -0.25) is 29.3 Å². The van der Waals surface area contributed by atoms with Crippen molar-refractivity contribution in [3.63, 3.8) is 0 Å². The standard InChI is InChI=1S/C29H21N3O6/c1-16(33)17-6-10-20(11-7-17)31-28(35)23-24(29(31)36)26(27(34)19-8-12-21(13-9-19)32(37)38)30-15-14-18-4-2-3-5-22(18)25(23)30/h2-15,23-26H,1H3/t23-,24+,25?,26-/m0/s1. The summed E-state index contributed by atoms with van der Waals surface area (Å²) in [6.45, 7) is 1.43. The van der Waals surface area contributed by atoms with E-state index in [9.17, 15) is 29.3 Å². The second-order valence-corrected chi connectivity index (χ2v) is 9.62. The van der Waals surface area contributed by atoms with Crippen LogP contribution < -0.4 is 4.90 Å². The molecule has 0 bridgehead atoms. The summed E-state index contributed by atoms with van der Waals surface area (Å²) in [4.78, 5) is 66.9. The molecule has 0 radical (unpaired) electrons. The van der Waals surface area contributed by atoms with Gasteiger partial charge in [0.1, 0.15) is 6.04 Å². The summed E-state index contributed by atoms with van der Waals surface area (Å²) in [5.74, 6) is -3.20. The Bertz CT molecular complexity index is 1560. The molecule has 2 saturated heterocycles. The van der Waals surface area contributed by atoms with Crippen LogP contribution in [0, 0.1) is 22.0 Å². The van der Waals surface area contributed by atoms with Gasteiger partial charge in [-0.25, -0.2) is 4.90 Å². The topological polar surface area (TPSA) is 118 Å². The Labute approximate surface area is 217 Å². The average Bonchev–Trinajstić information content (AvgIpc) is 3.40. The van der Waals surface area contributed by atoms with E-state index in [0.29, 0.717) is 11.3 Å². The number of amides is 2. The molecule has 3 heterocycles. The molecule has 0 aliphatic carbocycles. The number of nitro benzene ring substituents is 1. The fourth-order valence-corrected chi connectivity index (χ4v) is 5.87. The molecule has 9 heteroatoms. The predicted octanol–water partition coefficient (Wildman–Crippen LogP) is 4.20. The fraction of sp³-hybridized carbons (Fsp3) is 0.172. The number of carbonyl (C=O) groups excluding carboxylic acids is 4. The van der Waals surface area contributed by atoms with Gasteiger partial charge in [-0.2, -0.15) is 0 Å². The van der Waals surface area contributed by atoms with Gasteiger partial charge >= 0.3 is 0 Å². The van der Waals surface area contributed by atoms with Crippen LogP contribution in [0.25, 0.3) is 6.08 Å². The Balaban J connectivity index is 1.45. The number of hydrogen-bond acceptors (Lipinski definition) is 7. The molecule has 9 nitrogen and oxygen atoms in total. The predicted molar refractivity (Wildman–Crippen MR) is 137 cm³/mol. The van der Waals surface area contributed by atoms with Crippen molar-refractivity contribution in [1.82, 2.24) is 4.90 Å². The number of imide groups is 1. The van der Waals surface area contributed by atoms with Crippen LogP contribution in [-0.2, 0) is 9.59 Å². The normalized spacial score (nSPS) is 23.2. The molecule has 0 spiro atoms. The molecule has 188 valence electrons. The van der Waals surface area contributed by atoms with Crippen molar-refractivity contribution in [2.75, 3.05) is 4.90 Å². The van der Waals surface area contributed by atoms with Crippen LogP contribution >= 0.6 is 0 Å². The first-order valence-corrected chi connectivity index (χ1v) is 12.1. The zero-order valence-electron chi connectivity index (χ0n) is 20.2. The van der Waals surface area contributed by atoms with E-state index in [0.717, 1.165) is 16.0 Å². The molecule has 1 unspecified atom stereocenters. The second kappa shape index (κ2) is 8.58. The first-order valence-electron chi connectivity index (χ1n) is 12.1. The summed E-state index contributed by atoms with van der Waals surface area (Å²) in [5, 5.41) is 11.1. The zero-order chi connectivity index (χ0) is 26.7. The average molecular weight is 508 g/mol. The minimum Gasteiger partial charge on any atom is -0.358 e. The number of hydrogen-bond donors (Lipinski definition) is 0. The molecule has 4 atom stereocenters. The van der Waals surface area contributed by atoms with Gasteiger partial charge in [0.15, 0.2) is 11.6 Å². The molecule has 0 N–H and O–H groups in total. The van der Waals surface area contributed by atoms with Crippen LogP contribution in [0.1, 0.15) is 44.8 Å². The van der Waals surface area contributed by atoms with Crippen LogP contribution in [0.4, 0.5) is 11.4 Å². The van der Waals surface area contributed by atoms with Gasteiger partial charge in [0.2, 0.25) is 11.8 Å². The minimum absolute atomic E-state index is 0.137. The number of ketones is 2. The van der Waals surface area contributed by atoms with Gasteiger partial charge in [-0.1, -0.05) is 24.3 Å². The third-order valence-electron chi connectivity index (χ3n) is 7.62. The van der Waals surface area contributed by atoms with Crippen molar-refractivity contribution in [1.29, 1.82) is 0 Å². The number of fused-ring (bicyclic) bond motifs is 5. The third kappa shape index (κ3) is 3.39. The summed E-state index contributed by atoms with van der Waals surface area (Å²) >= 11 is 0. The van der Waals surface area contributed by atoms with Crippen LogP contribution in [-0.4, -0.2) is 39.2 Å². The number of Topliss-reactive ketones (excluding diaryl/α,β-unsaturated/α-hetero) is 2. The monoisotopic (exact) mass is 507 g/mol. The highest BCUT2D eigenvalue weighted by atomic mass is 16.6. The number of nitro groups is 1. The van der Waals surface area contributed by atoms with Crippen molar-refractivity contribution in [2.24, 2.45) is 11.8 Å². The van der Waals surface area contributed by atoms with Crippen LogP contribution in [0.2, 0.25) is 0 Å².